The van der Waals surface area contributed by atoms with Crippen molar-refractivity contribution in [3.05, 3.63) is 69.9 Å². The Labute approximate surface area is 191 Å². The van der Waals surface area contributed by atoms with Crippen LogP contribution in [0.25, 0.3) is 0 Å². The second-order valence-corrected chi connectivity index (χ2v) is 9.26. The van der Waals surface area contributed by atoms with Crippen LogP contribution in [0.4, 0.5) is 5.69 Å². The molecule has 166 valence electrons. The molecule has 3 aromatic rings. The monoisotopic (exact) mass is 450 g/mol. The average molecular weight is 451 g/mol. The van der Waals surface area contributed by atoms with Crippen LogP contribution in [-0.4, -0.2) is 28.4 Å². The number of hydrogen-bond acceptors (Lipinski definition) is 6. The van der Waals surface area contributed by atoms with Crippen LogP contribution in [0.5, 0.6) is 5.75 Å². The fourth-order valence-electron chi connectivity index (χ4n) is 3.39. The van der Waals surface area contributed by atoms with Gasteiger partial charge in [0.05, 0.1) is 24.5 Å². The lowest BCUT2D eigenvalue weighted by atomic mass is 9.82. The van der Waals surface area contributed by atoms with Crippen LogP contribution in [0.15, 0.2) is 48.0 Å². The van der Waals surface area contributed by atoms with E-state index < -0.39 is 0 Å². The first kappa shape index (κ1) is 22.0. The molecule has 1 aliphatic heterocycles. The van der Waals surface area contributed by atoms with Gasteiger partial charge >= 0.3 is 0 Å². The second kappa shape index (κ2) is 9.08. The lowest BCUT2D eigenvalue weighted by molar-refractivity contribution is -0.121. The number of fused-ring (bicyclic) bond motifs is 1. The molecule has 0 atom stereocenters. The van der Waals surface area contributed by atoms with E-state index in [1.54, 1.807) is 16.5 Å². The molecule has 3 heterocycles. The van der Waals surface area contributed by atoms with Gasteiger partial charge in [-0.1, -0.05) is 32.9 Å². The Bertz CT molecular complexity index is 1130. The van der Waals surface area contributed by atoms with Crippen LogP contribution in [0, 0.1) is 0 Å². The minimum atomic E-state index is -0.265. The number of ether oxygens (including phenoxy) is 1. The van der Waals surface area contributed by atoms with Gasteiger partial charge in [-0.05, 0) is 41.7 Å². The first-order valence-corrected chi connectivity index (χ1v) is 11.5. The Kier molecular flexibility index (Phi) is 6.23. The van der Waals surface area contributed by atoms with Gasteiger partial charge in [0.2, 0.25) is 0 Å². The number of nitrogens with zero attached hydrogens (tertiary/aromatic N) is 3. The summed E-state index contributed by atoms with van der Waals surface area (Å²) >= 11 is 1.36. The minimum Gasteiger partial charge on any atom is -0.482 e. The predicted octanol–water partition coefficient (Wildman–Crippen LogP) is 4.08. The normalized spacial score (nSPS) is 13.5. The van der Waals surface area contributed by atoms with E-state index in [4.69, 9.17) is 4.74 Å². The molecule has 0 unspecified atom stereocenters. The van der Waals surface area contributed by atoms with Crippen LogP contribution in [-0.2, 0) is 23.3 Å². The van der Waals surface area contributed by atoms with E-state index in [0.29, 0.717) is 29.5 Å². The number of carbonyl (C=O) groups is 2. The predicted molar refractivity (Wildman–Crippen MR) is 124 cm³/mol. The van der Waals surface area contributed by atoms with Gasteiger partial charge < -0.3 is 10.1 Å². The summed E-state index contributed by atoms with van der Waals surface area (Å²) in [6.07, 6.45) is 2.66. The number of carbonyl (C=O) groups excluding carboxylic acids is 2. The molecular formula is C24H26N4O3S. The van der Waals surface area contributed by atoms with E-state index in [2.05, 4.69) is 42.1 Å². The van der Waals surface area contributed by atoms with Gasteiger partial charge in [0.25, 0.3) is 11.8 Å². The summed E-state index contributed by atoms with van der Waals surface area (Å²) in [5, 5.41) is 5.23. The third-order valence-electron chi connectivity index (χ3n) is 5.80. The first-order valence-electron chi connectivity index (χ1n) is 10.6. The molecule has 0 fully saturated rings. The highest BCUT2D eigenvalue weighted by Gasteiger charge is 2.29. The van der Waals surface area contributed by atoms with Gasteiger partial charge in [-0.2, -0.15) is 0 Å². The molecule has 2 aromatic heterocycles. The van der Waals surface area contributed by atoms with Crippen LogP contribution in [0.1, 0.15) is 53.9 Å². The maximum absolute atomic E-state index is 12.7. The van der Waals surface area contributed by atoms with Crippen molar-refractivity contribution in [2.24, 2.45) is 0 Å². The number of amides is 2. The van der Waals surface area contributed by atoms with E-state index in [1.165, 1.54) is 11.3 Å². The van der Waals surface area contributed by atoms with E-state index >= 15 is 0 Å². The van der Waals surface area contributed by atoms with Crippen molar-refractivity contribution >= 4 is 28.8 Å². The molecule has 0 radical (unpaired) electrons. The largest absolute Gasteiger partial charge is 0.482 e. The van der Waals surface area contributed by atoms with Crippen molar-refractivity contribution in [3.63, 3.8) is 0 Å². The number of rotatable bonds is 7. The highest BCUT2D eigenvalue weighted by molar-refractivity contribution is 7.09. The highest BCUT2D eigenvalue weighted by Crippen LogP contribution is 2.38. The summed E-state index contributed by atoms with van der Waals surface area (Å²) in [6, 6.07) is 11.6. The standard InChI is InChI=1S/C24H26N4O3S/c1-4-24(2,3)16-8-9-20-19(11-16)28(22(29)14-31-20)13-21-27-18(15-32-21)23(30)26-12-17-7-5-6-10-25-17/h5-11,15H,4,12-14H2,1-3H3,(H,26,30). The van der Waals surface area contributed by atoms with Crippen molar-refractivity contribution < 1.29 is 14.3 Å². The van der Waals surface area contributed by atoms with Gasteiger partial charge in [0, 0.05) is 11.6 Å². The van der Waals surface area contributed by atoms with Crippen LogP contribution in [0.2, 0.25) is 0 Å². The minimum absolute atomic E-state index is 0.00763. The molecule has 0 saturated heterocycles. The average Bonchev–Trinajstić information content (AvgIpc) is 3.28. The van der Waals surface area contributed by atoms with E-state index in [1.807, 2.05) is 30.3 Å². The fraction of sp³-hybridized carbons (Fsp3) is 0.333. The Hall–Kier alpha value is -3.26. The zero-order valence-corrected chi connectivity index (χ0v) is 19.2. The van der Waals surface area contributed by atoms with Gasteiger partial charge in [-0.15, -0.1) is 11.3 Å². The maximum atomic E-state index is 12.7. The fourth-order valence-corrected chi connectivity index (χ4v) is 4.15. The van der Waals surface area contributed by atoms with Crippen molar-refractivity contribution in [2.45, 2.75) is 45.7 Å². The lowest BCUT2D eigenvalue weighted by Gasteiger charge is -2.31. The third-order valence-corrected chi connectivity index (χ3v) is 6.63. The number of aromatic nitrogens is 2. The lowest BCUT2D eigenvalue weighted by Crippen LogP contribution is -2.38. The summed E-state index contributed by atoms with van der Waals surface area (Å²) in [7, 11) is 0. The molecule has 1 aromatic carbocycles. The highest BCUT2D eigenvalue weighted by atomic mass is 32.1. The Morgan fingerprint density at radius 1 is 1.28 bits per heavy atom. The van der Waals surface area contributed by atoms with Crippen LogP contribution < -0.4 is 15.0 Å². The molecule has 7 nitrogen and oxygen atoms in total. The van der Waals surface area contributed by atoms with E-state index in [0.717, 1.165) is 23.4 Å². The molecule has 0 aliphatic carbocycles. The number of hydrogen-bond donors (Lipinski definition) is 1. The van der Waals surface area contributed by atoms with Gasteiger partial charge in [0.15, 0.2) is 6.61 Å². The van der Waals surface area contributed by atoms with E-state index in [-0.39, 0.29) is 23.8 Å². The second-order valence-electron chi connectivity index (χ2n) is 8.32. The molecule has 0 spiro atoms. The first-order chi connectivity index (χ1) is 15.4. The smallest absolute Gasteiger partial charge is 0.271 e. The molecule has 8 heteroatoms. The molecule has 1 N–H and O–H groups in total. The Morgan fingerprint density at radius 2 is 2.12 bits per heavy atom. The summed E-state index contributed by atoms with van der Waals surface area (Å²) < 4.78 is 5.64. The number of nitrogens with one attached hydrogen (secondary N) is 1. The zero-order chi connectivity index (χ0) is 22.7. The summed E-state index contributed by atoms with van der Waals surface area (Å²) in [5.41, 5.74) is 2.99. The Morgan fingerprint density at radius 3 is 2.88 bits per heavy atom. The third kappa shape index (κ3) is 4.65. The number of benzene rings is 1. The zero-order valence-electron chi connectivity index (χ0n) is 18.4. The van der Waals surface area contributed by atoms with E-state index in [9.17, 15) is 9.59 Å². The topological polar surface area (TPSA) is 84.4 Å². The molecule has 0 bridgehead atoms. The molecule has 4 rings (SSSR count). The summed E-state index contributed by atoms with van der Waals surface area (Å²) in [5.74, 6) is 0.296. The number of pyridine rings is 1. The van der Waals surface area contributed by atoms with Crippen molar-refractivity contribution in [1.29, 1.82) is 0 Å². The Balaban J connectivity index is 1.50. The van der Waals surface area contributed by atoms with Crippen molar-refractivity contribution in [3.8, 4) is 5.75 Å². The van der Waals surface area contributed by atoms with Gasteiger partial charge in [-0.25, -0.2) is 4.98 Å². The molecule has 1 aliphatic rings. The van der Waals surface area contributed by atoms with Gasteiger partial charge in [-0.3, -0.25) is 19.5 Å². The molecule has 2 amide bonds. The molecule has 32 heavy (non-hydrogen) atoms. The SMILES string of the molecule is CCC(C)(C)c1ccc2c(c1)N(Cc1nc(C(=O)NCc3ccccn3)cs1)C(=O)CO2. The number of thiazole rings is 1. The van der Waals surface area contributed by atoms with Gasteiger partial charge in [0.1, 0.15) is 16.5 Å². The van der Waals surface area contributed by atoms with Crippen molar-refractivity contribution in [2.75, 3.05) is 11.5 Å². The quantitative estimate of drug-likeness (QED) is 0.586. The van der Waals surface area contributed by atoms with Crippen molar-refractivity contribution in [1.82, 2.24) is 15.3 Å². The van der Waals surface area contributed by atoms with Crippen LogP contribution in [0.3, 0.4) is 0 Å². The van der Waals surface area contributed by atoms with Crippen LogP contribution >= 0.6 is 11.3 Å². The summed E-state index contributed by atoms with van der Waals surface area (Å²) in [6.45, 7) is 7.13. The molecular weight excluding hydrogens is 424 g/mol. The number of anilines is 1. The molecule has 0 saturated carbocycles. The summed E-state index contributed by atoms with van der Waals surface area (Å²) in [4.78, 5) is 35.5. The maximum Gasteiger partial charge on any atom is 0.271 e.